The largest absolute Gasteiger partial charge is 0.392 e. The van der Waals surface area contributed by atoms with Crippen LogP contribution in [0.2, 0.25) is 0 Å². The van der Waals surface area contributed by atoms with Gasteiger partial charge in [-0.2, -0.15) is 11.8 Å². The van der Waals surface area contributed by atoms with Gasteiger partial charge in [-0.25, -0.2) is 17.5 Å². The number of hydrogen-bond donors (Lipinski definition) is 2. The maximum absolute atomic E-state index is 13.2. The molecule has 1 aromatic carbocycles. The summed E-state index contributed by atoms with van der Waals surface area (Å²) in [5, 5.41) is 9.13. The summed E-state index contributed by atoms with van der Waals surface area (Å²) in [6, 6.07) is 3.08. The van der Waals surface area contributed by atoms with Gasteiger partial charge in [-0.15, -0.1) is 0 Å². The quantitative estimate of drug-likeness (QED) is 0.805. The topological polar surface area (TPSA) is 66.4 Å². The molecule has 0 aliphatic heterocycles. The van der Waals surface area contributed by atoms with Crippen LogP contribution in [0.3, 0.4) is 0 Å². The van der Waals surface area contributed by atoms with Crippen LogP contribution in [-0.4, -0.2) is 31.6 Å². The zero-order chi connectivity index (χ0) is 14.5. The number of thioether (sulfide) groups is 1. The van der Waals surface area contributed by atoms with Crippen molar-refractivity contribution >= 4 is 21.8 Å². The van der Waals surface area contributed by atoms with Crippen molar-refractivity contribution in [1.29, 1.82) is 0 Å². The Morgan fingerprint density at radius 2 is 2.16 bits per heavy atom. The number of rotatable bonds is 7. The lowest BCUT2D eigenvalue weighted by Gasteiger charge is -2.15. The van der Waals surface area contributed by atoms with Crippen LogP contribution in [0.25, 0.3) is 0 Å². The van der Waals surface area contributed by atoms with E-state index in [9.17, 15) is 12.8 Å². The fourth-order valence-corrected chi connectivity index (χ4v) is 3.70. The van der Waals surface area contributed by atoms with Crippen LogP contribution in [0, 0.1) is 5.82 Å². The van der Waals surface area contributed by atoms with Crippen molar-refractivity contribution in [3.63, 3.8) is 0 Å². The number of aliphatic hydroxyl groups is 1. The molecule has 1 aromatic rings. The van der Waals surface area contributed by atoms with E-state index in [4.69, 9.17) is 5.11 Å². The molecular weight excluding hydrogens is 289 g/mol. The second kappa shape index (κ2) is 7.23. The van der Waals surface area contributed by atoms with Crippen molar-refractivity contribution in [3.8, 4) is 0 Å². The number of halogens is 1. The normalized spacial score (nSPS) is 13.5. The number of benzene rings is 1. The Kier molecular flexibility index (Phi) is 6.25. The molecule has 0 heterocycles. The minimum Gasteiger partial charge on any atom is -0.392 e. The van der Waals surface area contributed by atoms with Gasteiger partial charge in [0.15, 0.2) is 0 Å². The van der Waals surface area contributed by atoms with Crippen LogP contribution in [0.5, 0.6) is 0 Å². The van der Waals surface area contributed by atoms with E-state index in [0.717, 1.165) is 17.9 Å². The molecule has 0 amide bonds. The Morgan fingerprint density at radius 1 is 1.47 bits per heavy atom. The first kappa shape index (κ1) is 16.4. The van der Waals surface area contributed by atoms with Gasteiger partial charge in [0, 0.05) is 6.04 Å². The van der Waals surface area contributed by atoms with E-state index >= 15 is 0 Å². The molecule has 0 fully saturated rings. The van der Waals surface area contributed by atoms with Crippen molar-refractivity contribution in [3.05, 3.63) is 29.6 Å². The molecule has 7 heteroatoms. The SMILES string of the molecule is CSCCC(C)NS(=O)(=O)c1cc(F)ccc1CO. The molecule has 0 bridgehead atoms. The summed E-state index contributed by atoms with van der Waals surface area (Å²) in [5.41, 5.74) is 0.186. The lowest BCUT2D eigenvalue weighted by Crippen LogP contribution is -2.33. The maximum atomic E-state index is 13.2. The molecule has 1 unspecified atom stereocenters. The van der Waals surface area contributed by atoms with Crippen LogP contribution in [0.15, 0.2) is 23.1 Å². The van der Waals surface area contributed by atoms with Gasteiger partial charge in [0.05, 0.1) is 11.5 Å². The highest BCUT2D eigenvalue weighted by Crippen LogP contribution is 2.18. The van der Waals surface area contributed by atoms with Gasteiger partial charge < -0.3 is 5.11 Å². The fraction of sp³-hybridized carbons (Fsp3) is 0.500. The maximum Gasteiger partial charge on any atom is 0.241 e. The average molecular weight is 307 g/mol. The lowest BCUT2D eigenvalue weighted by atomic mass is 10.2. The van der Waals surface area contributed by atoms with Gasteiger partial charge in [-0.3, -0.25) is 0 Å². The first-order chi connectivity index (χ1) is 8.90. The monoisotopic (exact) mass is 307 g/mol. The van der Waals surface area contributed by atoms with Gasteiger partial charge in [0.1, 0.15) is 5.82 Å². The molecule has 108 valence electrons. The standard InChI is InChI=1S/C12H18FNO3S2/c1-9(5-6-18-2)14-19(16,17)12-7-11(13)4-3-10(12)8-15/h3-4,7,9,14-15H,5-6,8H2,1-2H3. The zero-order valence-electron chi connectivity index (χ0n) is 10.9. The van der Waals surface area contributed by atoms with E-state index in [2.05, 4.69) is 4.72 Å². The number of hydrogen-bond acceptors (Lipinski definition) is 4. The summed E-state index contributed by atoms with van der Waals surface area (Å²) in [7, 11) is -3.81. The molecule has 1 rings (SSSR count). The van der Waals surface area contributed by atoms with Crippen LogP contribution in [-0.2, 0) is 16.6 Å². The van der Waals surface area contributed by atoms with E-state index in [0.29, 0.717) is 6.42 Å². The molecule has 1 atom stereocenters. The third-order valence-corrected chi connectivity index (χ3v) is 4.92. The number of nitrogens with one attached hydrogen (secondary N) is 1. The van der Waals surface area contributed by atoms with Crippen molar-refractivity contribution in [2.24, 2.45) is 0 Å². The summed E-state index contributed by atoms with van der Waals surface area (Å²) < 4.78 is 40.0. The second-order valence-corrected chi connectivity index (χ2v) is 6.88. The Morgan fingerprint density at radius 3 is 2.74 bits per heavy atom. The number of aliphatic hydroxyl groups excluding tert-OH is 1. The highest BCUT2D eigenvalue weighted by atomic mass is 32.2. The highest BCUT2D eigenvalue weighted by molar-refractivity contribution is 7.98. The molecule has 0 aromatic heterocycles. The van der Waals surface area contributed by atoms with E-state index in [-0.39, 0.29) is 16.5 Å². The Balaban J connectivity index is 2.96. The van der Waals surface area contributed by atoms with E-state index < -0.39 is 22.4 Å². The Labute approximate surface area is 117 Å². The third kappa shape index (κ3) is 4.76. The summed E-state index contributed by atoms with van der Waals surface area (Å²) in [5.74, 6) is 0.189. The van der Waals surface area contributed by atoms with Crippen molar-refractivity contribution in [1.82, 2.24) is 4.72 Å². The van der Waals surface area contributed by atoms with Gasteiger partial charge in [-0.05, 0) is 43.0 Å². The second-order valence-electron chi connectivity index (χ2n) is 4.21. The van der Waals surface area contributed by atoms with Gasteiger partial charge in [0.25, 0.3) is 0 Å². The predicted octanol–water partition coefficient (Wildman–Crippen LogP) is 1.74. The minimum atomic E-state index is -3.81. The van der Waals surface area contributed by atoms with Crippen LogP contribution in [0.4, 0.5) is 4.39 Å². The van der Waals surface area contributed by atoms with Crippen LogP contribution >= 0.6 is 11.8 Å². The fourth-order valence-electron chi connectivity index (χ4n) is 1.59. The van der Waals surface area contributed by atoms with Crippen LogP contribution < -0.4 is 4.72 Å². The van der Waals surface area contributed by atoms with Crippen LogP contribution in [0.1, 0.15) is 18.9 Å². The first-order valence-corrected chi connectivity index (χ1v) is 8.69. The molecule has 0 saturated carbocycles. The van der Waals surface area contributed by atoms with Gasteiger partial charge in [0.2, 0.25) is 10.0 Å². The molecule has 0 aliphatic rings. The summed E-state index contributed by atoms with van der Waals surface area (Å²) in [6.07, 6.45) is 2.63. The summed E-state index contributed by atoms with van der Waals surface area (Å²) in [4.78, 5) is -0.203. The molecule has 0 saturated heterocycles. The smallest absolute Gasteiger partial charge is 0.241 e. The number of sulfonamides is 1. The Bertz CT molecular complexity index is 520. The zero-order valence-corrected chi connectivity index (χ0v) is 12.5. The molecular formula is C12H18FNO3S2. The van der Waals surface area contributed by atoms with Crippen molar-refractivity contribution in [2.75, 3.05) is 12.0 Å². The highest BCUT2D eigenvalue weighted by Gasteiger charge is 2.21. The van der Waals surface area contributed by atoms with E-state index in [1.54, 1.807) is 18.7 Å². The molecule has 4 nitrogen and oxygen atoms in total. The van der Waals surface area contributed by atoms with Gasteiger partial charge in [-0.1, -0.05) is 6.07 Å². The predicted molar refractivity (Wildman–Crippen MR) is 75.1 cm³/mol. The third-order valence-electron chi connectivity index (χ3n) is 2.60. The lowest BCUT2D eigenvalue weighted by molar-refractivity contribution is 0.278. The molecule has 0 aliphatic carbocycles. The van der Waals surface area contributed by atoms with Crippen molar-refractivity contribution < 1.29 is 17.9 Å². The summed E-state index contributed by atoms with van der Waals surface area (Å²) in [6.45, 7) is 1.31. The molecule has 0 spiro atoms. The van der Waals surface area contributed by atoms with Gasteiger partial charge >= 0.3 is 0 Å². The Hall–Kier alpha value is -0.630. The molecule has 0 radical (unpaired) electrons. The van der Waals surface area contributed by atoms with E-state index in [1.165, 1.54) is 6.07 Å². The van der Waals surface area contributed by atoms with Crippen molar-refractivity contribution in [2.45, 2.75) is 30.9 Å². The first-order valence-electron chi connectivity index (χ1n) is 5.81. The molecule has 2 N–H and O–H groups in total. The summed E-state index contributed by atoms with van der Waals surface area (Å²) >= 11 is 1.63. The van der Waals surface area contributed by atoms with E-state index in [1.807, 2.05) is 6.26 Å². The molecule has 19 heavy (non-hydrogen) atoms. The average Bonchev–Trinajstić information content (AvgIpc) is 2.35. The minimum absolute atomic E-state index is 0.186.